The molecule has 0 N–H and O–H groups in total. The zero-order chi connectivity index (χ0) is 46.9. The molecule has 0 saturated heterocycles. The van der Waals surface area contributed by atoms with Gasteiger partial charge in [0.1, 0.15) is 0 Å². The second kappa shape index (κ2) is 18.1. The van der Waals surface area contributed by atoms with E-state index >= 15 is 0 Å². The summed E-state index contributed by atoms with van der Waals surface area (Å²) in [5.74, 6) is 1.78. The average molecular weight is 910 g/mol. The Bertz CT molecular complexity index is 3720. The second-order valence-corrected chi connectivity index (χ2v) is 21.3. The fourth-order valence-corrected chi connectivity index (χ4v) is 15.0. The van der Waals surface area contributed by atoms with Crippen molar-refractivity contribution >= 4 is 50.6 Å². The van der Waals surface area contributed by atoms with Gasteiger partial charge in [0.25, 0.3) is 0 Å². The molecule has 0 radical (unpaired) electrons. The van der Waals surface area contributed by atoms with Crippen LogP contribution >= 0.6 is 0 Å². The summed E-state index contributed by atoms with van der Waals surface area (Å²) in [7, 11) is -2.83. The first-order valence-corrected chi connectivity index (χ1v) is 25.5. The van der Waals surface area contributed by atoms with Crippen molar-refractivity contribution in [2.75, 3.05) is 0 Å². The molecular weight excluding hydrogens is 867 g/mol. The fraction of sp³-hybridized carbons (Fsp3) is 0. The molecule has 2 aromatic heterocycles. The van der Waals surface area contributed by atoms with Crippen LogP contribution in [0.1, 0.15) is 5.56 Å². The quantitative estimate of drug-likeness (QED) is 0.101. The zero-order valence-electron chi connectivity index (χ0n) is 38.1. The molecule has 0 aliphatic heterocycles. The highest BCUT2D eigenvalue weighted by atomic mass is 28.3. The van der Waals surface area contributed by atoms with Gasteiger partial charge in [0.05, 0.1) is 28.4 Å². The van der Waals surface area contributed by atoms with Crippen molar-refractivity contribution in [3.8, 4) is 68.2 Å². The van der Waals surface area contributed by atoms with Crippen LogP contribution in [-0.2, 0) is 0 Å². The first kappa shape index (κ1) is 42.1. The third-order valence-electron chi connectivity index (χ3n) is 13.4. The Morgan fingerprint density at radius 2 is 0.771 bits per heavy atom. The third kappa shape index (κ3) is 7.48. The van der Waals surface area contributed by atoms with Crippen molar-refractivity contribution in [2.24, 2.45) is 0 Å². The normalized spacial score (nSPS) is 11.4. The van der Waals surface area contributed by atoms with E-state index in [-0.39, 0.29) is 0 Å². The van der Waals surface area contributed by atoms with Gasteiger partial charge < -0.3 is 4.57 Å². The van der Waals surface area contributed by atoms with Crippen molar-refractivity contribution in [1.29, 1.82) is 5.26 Å². The Kier molecular flexibility index (Phi) is 10.9. The number of aromatic nitrogens is 4. The standard InChI is InChI=1S/C64H43N5Si/c65-44-45-33-35-46(36-34-45)50-38-40-60-58(42-50)56-31-16-17-32-59(56)69(60)61-43-51(37-39-57(61)64-67-62(47-19-6-1-7-20-47)66-63(68-64)48-21-8-2-9-22-48)49-23-18-30-55(41-49)70(52-24-10-3-11-25-52,53-26-12-4-13-27-53)54-28-14-5-15-29-54/h1-43H. The molecule has 0 unspecified atom stereocenters. The van der Waals surface area contributed by atoms with E-state index in [0.717, 1.165) is 66.4 Å². The van der Waals surface area contributed by atoms with Crippen molar-refractivity contribution in [3.63, 3.8) is 0 Å². The molecule has 0 aliphatic carbocycles. The molecule has 0 amide bonds. The SMILES string of the molecule is N#Cc1ccc(-c2ccc3c(c2)c2ccccc2n3-c2cc(-c3cccc([Si](c4ccccc4)(c4ccccc4)c4ccccc4)c3)ccc2-c2nc(-c3ccccc3)nc(-c3ccccc3)n2)cc1. The van der Waals surface area contributed by atoms with Crippen molar-refractivity contribution in [1.82, 2.24) is 19.5 Å². The molecule has 0 fully saturated rings. The maximum absolute atomic E-state index is 9.54. The van der Waals surface area contributed by atoms with Gasteiger partial charge in [0, 0.05) is 27.5 Å². The minimum Gasteiger partial charge on any atom is -0.308 e. The highest BCUT2D eigenvalue weighted by Gasteiger charge is 2.41. The van der Waals surface area contributed by atoms with Crippen LogP contribution in [0.15, 0.2) is 261 Å². The summed E-state index contributed by atoms with van der Waals surface area (Å²) >= 11 is 0. The van der Waals surface area contributed by atoms with E-state index in [0.29, 0.717) is 23.0 Å². The number of hydrogen-bond acceptors (Lipinski definition) is 4. The molecule has 0 bridgehead atoms. The molecule has 0 saturated carbocycles. The zero-order valence-corrected chi connectivity index (χ0v) is 39.1. The Morgan fingerprint density at radius 3 is 1.36 bits per heavy atom. The highest BCUT2D eigenvalue weighted by Crippen LogP contribution is 2.40. The smallest absolute Gasteiger partial charge is 0.179 e. The van der Waals surface area contributed by atoms with Crippen LogP contribution in [0.2, 0.25) is 0 Å². The maximum atomic E-state index is 9.54. The molecule has 0 spiro atoms. The van der Waals surface area contributed by atoms with Crippen LogP contribution in [0.25, 0.3) is 83.9 Å². The predicted octanol–water partition coefficient (Wildman–Crippen LogP) is 12.6. The van der Waals surface area contributed by atoms with Gasteiger partial charge in [-0.1, -0.05) is 218 Å². The van der Waals surface area contributed by atoms with Crippen LogP contribution in [-0.4, -0.2) is 27.6 Å². The topological polar surface area (TPSA) is 67.4 Å². The minimum atomic E-state index is -2.83. The monoisotopic (exact) mass is 909 g/mol. The van der Waals surface area contributed by atoms with E-state index in [9.17, 15) is 5.26 Å². The summed E-state index contributed by atoms with van der Waals surface area (Å²) in [5.41, 5.74) is 10.7. The fourth-order valence-electron chi connectivity index (χ4n) is 10.2. The summed E-state index contributed by atoms with van der Waals surface area (Å²) in [6.07, 6.45) is 0. The van der Waals surface area contributed by atoms with E-state index in [4.69, 9.17) is 15.0 Å². The first-order valence-electron chi connectivity index (χ1n) is 23.5. The summed E-state index contributed by atoms with van der Waals surface area (Å²) in [6.45, 7) is 0. The lowest BCUT2D eigenvalue weighted by atomic mass is 10.0. The highest BCUT2D eigenvalue weighted by molar-refractivity contribution is 7.19. The lowest BCUT2D eigenvalue weighted by molar-refractivity contribution is 1.06. The molecule has 0 atom stereocenters. The lowest BCUT2D eigenvalue weighted by Gasteiger charge is -2.34. The summed E-state index contributed by atoms with van der Waals surface area (Å²) in [4.78, 5) is 15.7. The third-order valence-corrected chi connectivity index (χ3v) is 18.2. The number of para-hydroxylation sites is 1. The van der Waals surface area contributed by atoms with Crippen LogP contribution in [0.3, 0.4) is 0 Å². The Balaban J connectivity index is 1.12. The van der Waals surface area contributed by atoms with Crippen LogP contribution in [0, 0.1) is 11.3 Å². The summed E-state index contributed by atoms with van der Waals surface area (Å²) in [6, 6.07) is 94.8. The summed E-state index contributed by atoms with van der Waals surface area (Å²) < 4.78 is 2.38. The number of rotatable bonds is 10. The first-order chi connectivity index (χ1) is 34.7. The van der Waals surface area contributed by atoms with E-state index in [1.54, 1.807) is 0 Å². The lowest BCUT2D eigenvalue weighted by Crippen LogP contribution is -2.74. The van der Waals surface area contributed by atoms with Crippen molar-refractivity contribution < 1.29 is 0 Å². The Morgan fingerprint density at radius 1 is 0.329 bits per heavy atom. The number of fused-ring (bicyclic) bond motifs is 3. The molecule has 10 aromatic carbocycles. The van der Waals surface area contributed by atoms with Crippen LogP contribution < -0.4 is 20.7 Å². The van der Waals surface area contributed by atoms with E-state index in [2.05, 4.69) is 187 Å². The van der Waals surface area contributed by atoms with Gasteiger partial charge in [0.2, 0.25) is 0 Å². The van der Waals surface area contributed by atoms with E-state index in [1.807, 2.05) is 84.9 Å². The molecule has 328 valence electrons. The van der Waals surface area contributed by atoms with Gasteiger partial charge >= 0.3 is 0 Å². The predicted molar refractivity (Wildman–Crippen MR) is 290 cm³/mol. The molecule has 2 heterocycles. The number of hydrogen-bond donors (Lipinski definition) is 0. The van der Waals surface area contributed by atoms with Gasteiger partial charge in [-0.05, 0) is 85.5 Å². The van der Waals surface area contributed by atoms with Gasteiger partial charge in [-0.25, -0.2) is 15.0 Å². The van der Waals surface area contributed by atoms with Gasteiger partial charge in [-0.3, -0.25) is 0 Å². The molecule has 70 heavy (non-hydrogen) atoms. The van der Waals surface area contributed by atoms with Crippen LogP contribution in [0.4, 0.5) is 0 Å². The average Bonchev–Trinajstić information content (AvgIpc) is 3.78. The van der Waals surface area contributed by atoms with Gasteiger partial charge in [-0.15, -0.1) is 0 Å². The minimum absolute atomic E-state index is 0.576. The number of nitriles is 1. The second-order valence-electron chi connectivity index (χ2n) is 17.5. The van der Waals surface area contributed by atoms with Crippen LogP contribution in [0.5, 0.6) is 0 Å². The van der Waals surface area contributed by atoms with E-state index in [1.165, 1.54) is 20.7 Å². The van der Waals surface area contributed by atoms with Gasteiger partial charge in [-0.2, -0.15) is 5.26 Å². The Labute approximate surface area is 408 Å². The number of benzene rings is 10. The summed E-state index contributed by atoms with van der Waals surface area (Å²) in [5, 5.41) is 17.0. The molecule has 0 aliphatic rings. The molecule has 6 heteroatoms. The van der Waals surface area contributed by atoms with E-state index < -0.39 is 8.07 Å². The molecular formula is C64H43N5Si. The van der Waals surface area contributed by atoms with Crippen molar-refractivity contribution in [3.05, 3.63) is 266 Å². The maximum Gasteiger partial charge on any atom is 0.179 e. The van der Waals surface area contributed by atoms with Crippen molar-refractivity contribution in [2.45, 2.75) is 0 Å². The van der Waals surface area contributed by atoms with Gasteiger partial charge in [0.15, 0.2) is 25.5 Å². The molecule has 12 rings (SSSR count). The Hall–Kier alpha value is -9.28. The molecule has 5 nitrogen and oxygen atoms in total. The largest absolute Gasteiger partial charge is 0.308 e. The number of nitrogens with zero attached hydrogens (tertiary/aromatic N) is 5. The molecule has 12 aromatic rings.